The van der Waals surface area contributed by atoms with Crippen LogP contribution in [0.1, 0.15) is 29.3 Å². The highest BCUT2D eigenvalue weighted by Gasteiger charge is 2.35. The van der Waals surface area contributed by atoms with Gasteiger partial charge in [0.1, 0.15) is 11.6 Å². The molecular weight excluding hydrogens is 369 g/mol. The minimum atomic E-state index is -3.19. The summed E-state index contributed by atoms with van der Waals surface area (Å²) in [5, 5.41) is 0. The number of ether oxygens (including phenoxy) is 1. The molecule has 5 nitrogen and oxygen atoms in total. The number of halogens is 1. The lowest BCUT2D eigenvalue weighted by molar-refractivity contribution is 0.0678. The smallest absolute Gasteiger partial charge is 0.254 e. The van der Waals surface area contributed by atoms with Crippen molar-refractivity contribution < 1.29 is 22.3 Å². The number of rotatable bonds is 6. The predicted molar refractivity (Wildman–Crippen MR) is 101 cm³/mol. The maximum absolute atomic E-state index is 14.1. The van der Waals surface area contributed by atoms with E-state index in [0.29, 0.717) is 29.9 Å². The zero-order chi connectivity index (χ0) is 19.4. The van der Waals surface area contributed by atoms with Gasteiger partial charge in [-0.2, -0.15) is 0 Å². The fourth-order valence-electron chi connectivity index (χ4n) is 3.25. The molecule has 2 aromatic carbocycles. The molecule has 1 heterocycles. The number of hydrogen-bond donors (Lipinski definition) is 0. The average Bonchev–Trinajstić information content (AvgIpc) is 3.00. The van der Waals surface area contributed by atoms with Gasteiger partial charge in [0.05, 0.1) is 18.1 Å². The molecule has 0 saturated carbocycles. The van der Waals surface area contributed by atoms with E-state index in [1.807, 2.05) is 6.92 Å². The lowest BCUT2D eigenvalue weighted by Crippen LogP contribution is -2.40. The quantitative estimate of drug-likeness (QED) is 0.759. The maximum atomic E-state index is 14.1. The van der Waals surface area contributed by atoms with Gasteiger partial charge in [-0.25, -0.2) is 12.8 Å². The Kier molecular flexibility index (Phi) is 5.79. The summed E-state index contributed by atoms with van der Waals surface area (Å²) < 4.78 is 43.5. The van der Waals surface area contributed by atoms with E-state index in [9.17, 15) is 17.6 Å². The summed E-state index contributed by atoms with van der Waals surface area (Å²) in [6, 6.07) is 12.5. The van der Waals surface area contributed by atoms with Crippen LogP contribution in [0.5, 0.6) is 5.75 Å². The number of carbonyl (C=O) groups is 1. The predicted octanol–water partition coefficient (Wildman–Crippen LogP) is 3.05. The first kappa shape index (κ1) is 19.4. The van der Waals surface area contributed by atoms with Gasteiger partial charge in [0.15, 0.2) is 9.84 Å². The lowest BCUT2D eigenvalue weighted by Gasteiger charge is -2.29. The van der Waals surface area contributed by atoms with Crippen LogP contribution in [0.2, 0.25) is 0 Å². The van der Waals surface area contributed by atoms with Gasteiger partial charge in [-0.1, -0.05) is 24.3 Å². The summed E-state index contributed by atoms with van der Waals surface area (Å²) in [5.74, 6) is -0.245. The second kappa shape index (κ2) is 8.08. The molecule has 0 radical (unpaired) electrons. The van der Waals surface area contributed by atoms with Crippen LogP contribution in [0.25, 0.3) is 0 Å². The highest BCUT2D eigenvalue weighted by atomic mass is 32.2. The van der Waals surface area contributed by atoms with E-state index in [-0.39, 0.29) is 24.0 Å². The topological polar surface area (TPSA) is 63.7 Å². The molecule has 1 atom stereocenters. The Balaban J connectivity index is 1.92. The number of carbonyl (C=O) groups excluding carboxylic acids is 1. The zero-order valence-electron chi connectivity index (χ0n) is 15.1. The normalized spacial score (nSPS) is 18.2. The van der Waals surface area contributed by atoms with E-state index in [1.54, 1.807) is 42.5 Å². The van der Waals surface area contributed by atoms with Crippen molar-refractivity contribution >= 4 is 15.7 Å². The van der Waals surface area contributed by atoms with Crippen molar-refractivity contribution in [2.45, 2.75) is 25.9 Å². The van der Waals surface area contributed by atoms with Crippen molar-refractivity contribution in [1.82, 2.24) is 4.90 Å². The van der Waals surface area contributed by atoms with Gasteiger partial charge in [-0.05, 0) is 37.6 Å². The molecular formula is C20H22FNO4S. The van der Waals surface area contributed by atoms with Crippen molar-refractivity contribution in [3.8, 4) is 5.75 Å². The third-order valence-corrected chi connectivity index (χ3v) is 6.35. The van der Waals surface area contributed by atoms with Gasteiger partial charge in [0.25, 0.3) is 5.91 Å². The first-order valence-corrected chi connectivity index (χ1v) is 10.7. The molecule has 1 saturated heterocycles. The molecule has 0 spiro atoms. The van der Waals surface area contributed by atoms with Crippen LogP contribution < -0.4 is 4.74 Å². The Hall–Kier alpha value is -2.41. The molecule has 1 aliphatic heterocycles. The Labute approximate surface area is 158 Å². The van der Waals surface area contributed by atoms with Crippen LogP contribution >= 0.6 is 0 Å². The second-order valence-corrected chi connectivity index (χ2v) is 8.77. The van der Waals surface area contributed by atoms with E-state index in [4.69, 9.17) is 4.74 Å². The molecule has 144 valence electrons. The van der Waals surface area contributed by atoms with Gasteiger partial charge in [0, 0.05) is 23.7 Å². The number of sulfone groups is 1. The Morgan fingerprint density at radius 3 is 2.67 bits per heavy atom. The second-order valence-electron chi connectivity index (χ2n) is 6.54. The van der Waals surface area contributed by atoms with Crippen molar-refractivity contribution in [3.05, 3.63) is 65.5 Å². The molecule has 27 heavy (non-hydrogen) atoms. The first-order valence-electron chi connectivity index (χ1n) is 8.87. The fourth-order valence-corrected chi connectivity index (χ4v) is 4.98. The van der Waals surface area contributed by atoms with E-state index in [1.165, 1.54) is 11.0 Å². The maximum Gasteiger partial charge on any atom is 0.254 e. The molecule has 7 heteroatoms. The summed E-state index contributed by atoms with van der Waals surface area (Å²) in [6.45, 7) is 2.34. The largest absolute Gasteiger partial charge is 0.494 e. The number of amides is 1. The van der Waals surface area contributed by atoms with E-state index < -0.39 is 21.7 Å². The summed E-state index contributed by atoms with van der Waals surface area (Å²) in [7, 11) is -3.19. The fraction of sp³-hybridized carbons (Fsp3) is 0.350. The third-order valence-electron chi connectivity index (χ3n) is 4.60. The lowest BCUT2D eigenvalue weighted by atomic mass is 10.1. The number of nitrogens with zero attached hydrogens (tertiary/aromatic N) is 1. The van der Waals surface area contributed by atoms with Gasteiger partial charge in [-0.15, -0.1) is 0 Å². The van der Waals surface area contributed by atoms with Crippen LogP contribution in [0.15, 0.2) is 48.5 Å². The SMILES string of the molecule is CCOc1cccc(C(=O)N(Cc2ccccc2F)[C@@H]2CCS(=O)(=O)C2)c1. The molecule has 1 aliphatic rings. The van der Waals surface area contributed by atoms with Gasteiger partial charge in [0.2, 0.25) is 0 Å². The Morgan fingerprint density at radius 2 is 2.00 bits per heavy atom. The minimum Gasteiger partial charge on any atom is -0.494 e. The molecule has 1 amide bonds. The van der Waals surface area contributed by atoms with Gasteiger partial charge < -0.3 is 9.64 Å². The van der Waals surface area contributed by atoms with E-state index >= 15 is 0 Å². The molecule has 3 rings (SSSR count). The van der Waals surface area contributed by atoms with E-state index in [0.717, 1.165) is 0 Å². The molecule has 0 bridgehead atoms. The Bertz CT molecular complexity index is 929. The van der Waals surface area contributed by atoms with Crippen LogP contribution in [0, 0.1) is 5.82 Å². The molecule has 0 aliphatic carbocycles. The molecule has 0 unspecified atom stereocenters. The highest BCUT2D eigenvalue weighted by molar-refractivity contribution is 7.91. The van der Waals surface area contributed by atoms with Crippen molar-refractivity contribution in [1.29, 1.82) is 0 Å². The summed E-state index contributed by atoms with van der Waals surface area (Å²) in [5.41, 5.74) is 0.748. The van der Waals surface area contributed by atoms with Gasteiger partial charge in [-0.3, -0.25) is 4.79 Å². The number of hydrogen-bond acceptors (Lipinski definition) is 4. The Morgan fingerprint density at radius 1 is 1.22 bits per heavy atom. The third kappa shape index (κ3) is 4.66. The van der Waals surface area contributed by atoms with Crippen LogP contribution in [-0.2, 0) is 16.4 Å². The first-order chi connectivity index (χ1) is 12.9. The molecule has 0 aromatic heterocycles. The molecule has 1 fully saturated rings. The standard InChI is InChI=1S/C20H22FNO4S/c1-2-26-18-8-5-7-15(12-18)20(23)22(17-10-11-27(24,25)14-17)13-16-6-3-4-9-19(16)21/h3-9,12,17H,2,10-11,13-14H2,1H3/t17-/m1/s1. The van der Waals surface area contributed by atoms with Crippen molar-refractivity contribution in [2.75, 3.05) is 18.1 Å². The minimum absolute atomic E-state index is 0.0184. The van der Waals surface area contributed by atoms with Crippen LogP contribution in [0.4, 0.5) is 4.39 Å². The van der Waals surface area contributed by atoms with E-state index in [2.05, 4.69) is 0 Å². The average molecular weight is 391 g/mol. The van der Waals surface area contributed by atoms with Gasteiger partial charge >= 0.3 is 0 Å². The van der Waals surface area contributed by atoms with Crippen molar-refractivity contribution in [2.24, 2.45) is 0 Å². The zero-order valence-corrected chi connectivity index (χ0v) is 15.9. The van der Waals surface area contributed by atoms with Crippen molar-refractivity contribution in [3.63, 3.8) is 0 Å². The van der Waals surface area contributed by atoms with Crippen LogP contribution in [-0.4, -0.2) is 43.4 Å². The molecule has 0 N–H and O–H groups in total. The molecule has 2 aromatic rings. The number of benzene rings is 2. The summed E-state index contributed by atoms with van der Waals surface area (Å²) >= 11 is 0. The summed E-state index contributed by atoms with van der Waals surface area (Å²) in [4.78, 5) is 14.6. The highest BCUT2D eigenvalue weighted by Crippen LogP contribution is 2.24. The summed E-state index contributed by atoms with van der Waals surface area (Å²) in [6.07, 6.45) is 0.355. The monoisotopic (exact) mass is 391 g/mol. The van der Waals surface area contributed by atoms with Crippen LogP contribution in [0.3, 0.4) is 0 Å².